The largest absolute Gasteiger partial charge is 0.361 e. The van der Waals surface area contributed by atoms with Gasteiger partial charge in [0.2, 0.25) is 0 Å². The molecule has 0 spiro atoms. The van der Waals surface area contributed by atoms with Crippen LogP contribution in [0.4, 0.5) is 4.39 Å². The average molecular weight is 191 g/mol. The molecule has 0 unspecified atom stereocenters. The molecule has 0 N–H and O–H groups in total. The highest BCUT2D eigenvalue weighted by Gasteiger charge is 2.11. The SMILES string of the molecule is Cc1noc(C)c1-c1cccc(F)c1. The summed E-state index contributed by atoms with van der Waals surface area (Å²) in [6.07, 6.45) is 0. The summed E-state index contributed by atoms with van der Waals surface area (Å²) in [6, 6.07) is 6.42. The Bertz CT molecular complexity index is 443. The summed E-state index contributed by atoms with van der Waals surface area (Å²) in [5.41, 5.74) is 2.47. The Hall–Kier alpha value is -1.64. The van der Waals surface area contributed by atoms with Crippen molar-refractivity contribution in [2.75, 3.05) is 0 Å². The molecule has 3 heteroatoms. The number of rotatable bonds is 1. The lowest BCUT2D eigenvalue weighted by Gasteiger charge is -1.99. The summed E-state index contributed by atoms with van der Waals surface area (Å²) in [6.45, 7) is 3.66. The number of hydrogen-bond acceptors (Lipinski definition) is 2. The van der Waals surface area contributed by atoms with Crippen LogP contribution in [-0.4, -0.2) is 5.16 Å². The van der Waals surface area contributed by atoms with Gasteiger partial charge in [-0.05, 0) is 31.5 Å². The summed E-state index contributed by atoms with van der Waals surface area (Å²) >= 11 is 0. The molecule has 14 heavy (non-hydrogen) atoms. The Morgan fingerprint density at radius 2 is 2.07 bits per heavy atom. The van der Waals surface area contributed by atoms with Crippen LogP contribution < -0.4 is 0 Å². The van der Waals surface area contributed by atoms with E-state index >= 15 is 0 Å². The number of benzene rings is 1. The molecule has 0 aliphatic heterocycles. The summed E-state index contributed by atoms with van der Waals surface area (Å²) in [7, 11) is 0. The minimum Gasteiger partial charge on any atom is -0.361 e. The molecular formula is C11H10FNO. The number of nitrogens with zero attached hydrogens (tertiary/aromatic N) is 1. The van der Waals surface area contributed by atoms with Crippen LogP contribution in [0, 0.1) is 19.7 Å². The fourth-order valence-corrected chi connectivity index (χ4v) is 1.54. The van der Waals surface area contributed by atoms with Crippen molar-refractivity contribution in [2.24, 2.45) is 0 Å². The topological polar surface area (TPSA) is 26.0 Å². The first kappa shape index (κ1) is 8.94. The normalized spacial score (nSPS) is 10.5. The van der Waals surface area contributed by atoms with Crippen molar-refractivity contribution in [1.29, 1.82) is 0 Å². The maximum absolute atomic E-state index is 13.0. The molecule has 0 amide bonds. The molecule has 2 rings (SSSR count). The Kier molecular flexibility index (Phi) is 2.08. The van der Waals surface area contributed by atoms with E-state index in [0.29, 0.717) is 5.76 Å². The predicted molar refractivity (Wildman–Crippen MR) is 51.4 cm³/mol. The zero-order valence-electron chi connectivity index (χ0n) is 8.04. The highest BCUT2D eigenvalue weighted by molar-refractivity contribution is 5.67. The summed E-state index contributed by atoms with van der Waals surface area (Å²) < 4.78 is 18.0. The lowest BCUT2D eigenvalue weighted by molar-refractivity contribution is 0.393. The van der Waals surface area contributed by atoms with Gasteiger partial charge < -0.3 is 4.52 Å². The van der Waals surface area contributed by atoms with Gasteiger partial charge in [-0.1, -0.05) is 17.3 Å². The summed E-state index contributed by atoms with van der Waals surface area (Å²) in [5.74, 6) is 0.468. The van der Waals surface area contributed by atoms with Crippen LogP contribution in [0.3, 0.4) is 0 Å². The van der Waals surface area contributed by atoms with Crippen LogP contribution in [0.15, 0.2) is 28.8 Å². The van der Waals surface area contributed by atoms with Gasteiger partial charge in [-0.3, -0.25) is 0 Å². The third-order valence-corrected chi connectivity index (χ3v) is 2.15. The fraction of sp³-hybridized carbons (Fsp3) is 0.182. The van der Waals surface area contributed by atoms with Crippen LogP contribution >= 0.6 is 0 Å². The Morgan fingerprint density at radius 3 is 2.64 bits per heavy atom. The van der Waals surface area contributed by atoms with E-state index in [1.165, 1.54) is 12.1 Å². The Morgan fingerprint density at radius 1 is 1.29 bits per heavy atom. The third-order valence-electron chi connectivity index (χ3n) is 2.15. The van der Waals surface area contributed by atoms with E-state index in [9.17, 15) is 4.39 Å². The standard InChI is InChI=1S/C11H10FNO/c1-7-11(8(2)14-13-7)9-4-3-5-10(12)6-9/h3-6H,1-2H3. The molecule has 0 aliphatic rings. The summed E-state index contributed by atoms with van der Waals surface area (Å²) in [5, 5.41) is 3.82. The van der Waals surface area contributed by atoms with Crippen molar-refractivity contribution >= 4 is 0 Å². The van der Waals surface area contributed by atoms with Crippen LogP contribution in [0.1, 0.15) is 11.5 Å². The van der Waals surface area contributed by atoms with Crippen LogP contribution in [0.2, 0.25) is 0 Å². The van der Waals surface area contributed by atoms with Gasteiger partial charge in [0, 0.05) is 5.56 Å². The van der Waals surface area contributed by atoms with E-state index in [4.69, 9.17) is 4.52 Å². The highest BCUT2D eigenvalue weighted by atomic mass is 19.1. The van der Waals surface area contributed by atoms with Crippen molar-refractivity contribution in [1.82, 2.24) is 5.16 Å². The van der Waals surface area contributed by atoms with Crippen molar-refractivity contribution in [3.8, 4) is 11.1 Å². The summed E-state index contributed by atoms with van der Waals surface area (Å²) in [4.78, 5) is 0. The molecule has 1 aromatic carbocycles. The molecular weight excluding hydrogens is 181 g/mol. The van der Waals surface area contributed by atoms with Crippen molar-refractivity contribution in [3.63, 3.8) is 0 Å². The maximum Gasteiger partial charge on any atom is 0.141 e. The first-order valence-electron chi connectivity index (χ1n) is 4.37. The smallest absolute Gasteiger partial charge is 0.141 e. The zero-order chi connectivity index (χ0) is 10.1. The van der Waals surface area contributed by atoms with Gasteiger partial charge in [-0.2, -0.15) is 0 Å². The van der Waals surface area contributed by atoms with Crippen molar-refractivity contribution in [2.45, 2.75) is 13.8 Å². The fourth-order valence-electron chi connectivity index (χ4n) is 1.54. The minimum absolute atomic E-state index is 0.248. The van der Waals surface area contributed by atoms with Gasteiger partial charge >= 0.3 is 0 Å². The molecule has 0 radical (unpaired) electrons. The van der Waals surface area contributed by atoms with E-state index in [-0.39, 0.29) is 5.82 Å². The molecule has 1 aromatic heterocycles. The second-order valence-electron chi connectivity index (χ2n) is 3.21. The average Bonchev–Trinajstić information content (AvgIpc) is 2.46. The van der Waals surface area contributed by atoms with Gasteiger partial charge in [-0.25, -0.2) is 4.39 Å². The quantitative estimate of drug-likeness (QED) is 0.692. The molecule has 0 saturated heterocycles. The van der Waals surface area contributed by atoms with Gasteiger partial charge in [0.25, 0.3) is 0 Å². The van der Waals surface area contributed by atoms with Crippen LogP contribution in [0.25, 0.3) is 11.1 Å². The molecule has 0 fully saturated rings. The van der Waals surface area contributed by atoms with E-state index in [2.05, 4.69) is 5.16 Å². The minimum atomic E-state index is -0.248. The lowest BCUT2D eigenvalue weighted by atomic mass is 10.0. The van der Waals surface area contributed by atoms with E-state index in [1.54, 1.807) is 6.07 Å². The third kappa shape index (κ3) is 1.41. The molecule has 2 aromatic rings. The van der Waals surface area contributed by atoms with E-state index in [0.717, 1.165) is 16.8 Å². The van der Waals surface area contributed by atoms with Crippen LogP contribution in [0.5, 0.6) is 0 Å². The first-order valence-corrected chi connectivity index (χ1v) is 4.37. The Labute approximate surface area is 81.3 Å². The molecule has 1 heterocycles. The van der Waals surface area contributed by atoms with Crippen molar-refractivity contribution < 1.29 is 8.91 Å². The molecule has 72 valence electrons. The second-order valence-corrected chi connectivity index (χ2v) is 3.21. The Balaban J connectivity index is 2.59. The molecule has 0 saturated carbocycles. The molecule has 0 bridgehead atoms. The van der Waals surface area contributed by atoms with Gasteiger partial charge in [0.15, 0.2) is 0 Å². The molecule has 0 aliphatic carbocycles. The number of aromatic nitrogens is 1. The maximum atomic E-state index is 13.0. The van der Waals surface area contributed by atoms with Crippen LogP contribution in [-0.2, 0) is 0 Å². The number of aryl methyl sites for hydroxylation is 2. The highest BCUT2D eigenvalue weighted by Crippen LogP contribution is 2.26. The molecule has 2 nitrogen and oxygen atoms in total. The van der Waals surface area contributed by atoms with Gasteiger partial charge in [0.1, 0.15) is 11.6 Å². The van der Waals surface area contributed by atoms with Crippen molar-refractivity contribution in [3.05, 3.63) is 41.5 Å². The number of halogens is 1. The predicted octanol–water partition coefficient (Wildman–Crippen LogP) is 3.10. The van der Waals surface area contributed by atoms with E-state index < -0.39 is 0 Å². The monoisotopic (exact) mass is 191 g/mol. The van der Waals surface area contributed by atoms with Gasteiger partial charge in [0.05, 0.1) is 5.69 Å². The lowest BCUT2D eigenvalue weighted by Crippen LogP contribution is -1.82. The van der Waals surface area contributed by atoms with E-state index in [1.807, 2.05) is 19.9 Å². The zero-order valence-corrected chi connectivity index (χ0v) is 8.04. The number of hydrogen-bond donors (Lipinski definition) is 0. The second kappa shape index (κ2) is 3.25. The molecule has 0 atom stereocenters. The first-order chi connectivity index (χ1) is 6.68. The van der Waals surface area contributed by atoms with Gasteiger partial charge in [-0.15, -0.1) is 0 Å².